The molecule has 2 aromatic rings. The van der Waals surface area contributed by atoms with E-state index in [9.17, 15) is 4.39 Å². The summed E-state index contributed by atoms with van der Waals surface area (Å²) < 4.78 is 19.9. The lowest BCUT2D eigenvalue weighted by atomic mass is 10.3. The molecule has 0 fully saturated rings. The summed E-state index contributed by atoms with van der Waals surface area (Å²) in [5.41, 5.74) is 0. The van der Waals surface area contributed by atoms with E-state index < -0.39 is 5.82 Å². The van der Waals surface area contributed by atoms with Crippen LogP contribution in [0.4, 0.5) is 4.39 Å². The maximum absolute atomic E-state index is 13.4. The van der Waals surface area contributed by atoms with Gasteiger partial charge in [-0.05, 0) is 34.1 Å². The van der Waals surface area contributed by atoms with E-state index in [0.717, 1.165) is 4.47 Å². The van der Waals surface area contributed by atoms with Crippen molar-refractivity contribution in [2.45, 2.75) is 0 Å². The SMILES string of the molecule is Fc1ccc(Br)cc1Oc1cc(Br)ncn1. The Bertz CT molecular complexity index is 522. The van der Waals surface area contributed by atoms with Gasteiger partial charge in [0.25, 0.3) is 0 Å². The average molecular weight is 348 g/mol. The number of rotatable bonds is 2. The van der Waals surface area contributed by atoms with Crippen LogP contribution in [0.3, 0.4) is 0 Å². The minimum absolute atomic E-state index is 0.111. The van der Waals surface area contributed by atoms with Crippen LogP contribution < -0.4 is 4.74 Å². The van der Waals surface area contributed by atoms with Gasteiger partial charge in [-0.25, -0.2) is 14.4 Å². The second kappa shape index (κ2) is 4.88. The normalized spacial score (nSPS) is 10.2. The van der Waals surface area contributed by atoms with Crippen molar-refractivity contribution in [1.29, 1.82) is 0 Å². The Balaban J connectivity index is 2.30. The minimum Gasteiger partial charge on any atom is -0.436 e. The molecule has 0 spiro atoms. The van der Waals surface area contributed by atoms with Crippen molar-refractivity contribution in [1.82, 2.24) is 9.97 Å². The van der Waals surface area contributed by atoms with E-state index in [4.69, 9.17) is 4.74 Å². The molecule has 0 bridgehead atoms. The summed E-state index contributed by atoms with van der Waals surface area (Å²) in [6, 6.07) is 6.00. The summed E-state index contributed by atoms with van der Waals surface area (Å²) in [7, 11) is 0. The summed E-state index contributed by atoms with van der Waals surface area (Å²) >= 11 is 6.41. The van der Waals surface area contributed by atoms with Crippen LogP contribution in [0.1, 0.15) is 0 Å². The molecule has 16 heavy (non-hydrogen) atoms. The maximum Gasteiger partial charge on any atom is 0.223 e. The first-order valence-corrected chi connectivity index (χ1v) is 5.84. The van der Waals surface area contributed by atoms with Crippen LogP contribution in [0.15, 0.2) is 39.7 Å². The second-order valence-electron chi connectivity index (χ2n) is 2.86. The first-order chi connectivity index (χ1) is 7.65. The van der Waals surface area contributed by atoms with Gasteiger partial charge in [0, 0.05) is 10.5 Å². The number of nitrogens with zero attached hydrogens (tertiary/aromatic N) is 2. The summed E-state index contributed by atoms with van der Waals surface area (Å²) in [6.07, 6.45) is 1.33. The smallest absolute Gasteiger partial charge is 0.223 e. The Hall–Kier alpha value is -1.01. The number of ether oxygens (including phenoxy) is 1. The highest BCUT2D eigenvalue weighted by atomic mass is 79.9. The largest absolute Gasteiger partial charge is 0.436 e. The number of hydrogen-bond donors (Lipinski definition) is 0. The molecule has 1 heterocycles. The third-order valence-electron chi connectivity index (χ3n) is 1.72. The van der Waals surface area contributed by atoms with Gasteiger partial charge in [0.1, 0.15) is 10.9 Å². The van der Waals surface area contributed by atoms with E-state index in [2.05, 4.69) is 41.8 Å². The van der Waals surface area contributed by atoms with Crippen molar-refractivity contribution >= 4 is 31.9 Å². The molecule has 0 atom stereocenters. The Morgan fingerprint density at radius 3 is 2.69 bits per heavy atom. The lowest BCUT2D eigenvalue weighted by molar-refractivity contribution is 0.425. The lowest BCUT2D eigenvalue weighted by Crippen LogP contribution is -1.91. The second-order valence-corrected chi connectivity index (χ2v) is 4.58. The number of hydrogen-bond acceptors (Lipinski definition) is 3. The fourth-order valence-electron chi connectivity index (χ4n) is 1.04. The van der Waals surface area contributed by atoms with Crippen molar-refractivity contribution in [3.05, 3.63) is 45.5 Å². The highest BCUT2D eigenvalue weighted by Gasteiger charge is 2.06. The Morgan fingerprint density at radius 1 is 1.12 bits per heavy atom. The third kappa shape index (κ3) is 2.76. The standard InChI is InChI=1S/C10H5Br2FN2O/c11-6-1-2-7(13)8(3-6)16-10-4-9(12)14-5-15-10/h1-5H. The van der Waals surface area contributed by atoms with Gasteiger partial charge in [0.15, 0.2) is 11.6 Å². The summed E-state index contributed by atoms with van der Waals surface area (Å²) in [5.74, 6) is -0.0585. The van der Waals surface area contributed by atoms with Gasteiger partial charge in [0.2, 0.25) is 5.88 Å². The molecule has 2 rings (SSSR count). The average Bonchev–Trinajstić information content (AvgIpc) is 2.24. The van der Waals surface area contributed by atoms with E-state index >= 15 is 0 Å². The molecule has 3 nitrogen and oxygen atoms in total. The molecule has 82 valence electrons. The van der Waals surface area contributed by atoms with E-state index in [0.29, 0.717) is 4.60 Å². The van der Waals surface area contributed by atoms with Crippen LogP contribution in [0.25, 0.3) is 0 Å². The number of halogens is 3. The summed E-state index contributed by atoms with van der Waals surface area (Å²) in [5, 5.41) is 0. The van der Waals surface area contributed by atoms with Crippen LogP contribution in [-0.2, 0) is 0 Å². The molecule has 0 amide bonds. The molecule has 0 radical (unpaired) electrons. The number of aromatic nitrogens is 2. The maximum atomic E-state index is 13.4. The molecule has 0 unspecified atom stereocenters. The van der Waals surface area contributed by atoms with E-state index in [1.165, 1.54) is 18.5 Å². The molecule has 0 saturated carbocycles. The molecule has 1 aromatic heterocycles. The van der Waals surface area contributed by atoms with E-state index in [1.54, 1.807) is 12.1 Å². The third-order valence-corrected chi connectivity index (χ3v) is 2.64. The molecule has 1 aromatic carbocycles. The van der Waals surface area contributed by atoms with Crippen molar-refractivity contribution in [2.75, 3.05) is 0 Å². The van der Waals surface area contributed by atoms with Crippen LogP contribution in [-0.4, -0.2) is 9.97 Å². The van der Waals surface area contributed by atoms with Gasteiger partial charge >= 0.3 is 0 Å². The zero-order valence-corrected chi connectivity index (χ0v) is 11.0. The highest BCUT2D eigenvalue weighted by Crippen LogP contribution is 2.26. The van der Waals surface area contributed by atoms with Crippen molar-refractivity contribution < 1.29 is 9.13 Å². The van der Waals surface area contributed by atoms with Gasteiger partial charge in [0.05, 0.1) is 0 Å². The van der Waals surface area contributed by atoms with Crippen molar-refractivity contribution in [3.8, 4) is 11.6 Å². The van der Waals surface area contributed by atoms with Gasteiger partial charge in [-0.3, -0.25) is 0 Å². The fraction of sp³-hybridized carbons (Fsp3) is 0. The Kier molecular flexibility index (Phi) is 3.50. The molecule has 0 aliphatic heterocycles. The van der Waals surface area contributed by atoms with Crippen molar-refractivity contribution in [2.24, 2.45) is 0 Å². The van der Waals surface area contributed by atoms with Crippen LogP contribution in [0.5, 0.6) is 11.6 Å². The first-order valence-electron chi connectivity index (χ1n) is 4.25. The summed E-state index contributed by atoms with van der Waals surface area (Å²) in [4.78, 5) is 7.70. The van der Waals surface area contributed by atoms with Crippen LogP contribution in [0, 0.1) is 5.82 Å². The molecule has 0 aliphatic carbocycles. The van der Waals surface area contributed by atoms with E-state index in [-0.39, 0.29) is 11.6 Å². The minimum atomic E-state index is -0.446. The molecular weight excluding hydrogens is 343 g/mol. The quantitative estimate of drug-likeness (QED) is 0.772. The van der Waals surface area contributed by atoms with Gasteiger partial charge in [-0.15, -0.1) is 0 Å². The molecule has 0 N–H and O–H groups in total. The monoisotopic (exact) mass is 346 g/mol. The van der Waals surface area contributed by atoms with Gasteiger partial charge < -0.3 is 4.74 Å². The van der Waals surface area contributed by atoms with Gasteiger partial charge in [-0.1, -0.05) is 15.9 Å². The zero-order valence-electron chi connectivity index (χ0n) is 7.82. The molecular formula is C10H5Br2FN2O. The van der Waals surface area contributed by atoms with Gasteiger partial charge in [-0.2, -0.15) is 0 Å². The van der Waals surface area contributed by atoms with E-state index in [1.807, 2.05) is 0 Å². The van der Waals surface area contributed by atoms with Crippen LogP contribution >= 0.6 is 31.9 Å². The Labute approximate surface area is 108 Å². The fourth-order valence-corrected chi connectivity index (χ4v) is 1.67. The summed E-state index contributed by atoms with van der Waals surface area (Å²) in [6.45, 7) is 0. The predicted molar refractivity (Wildman–Crippen MR) is 63.9 cm³/mol. The number of benzene rings is 1. The predicted octanol–water partition coefficient (Wildman–Crippen LogP) is 3.93. The van der Waals surface area contributed by atoms with Crippen molar-refractivity contribution in [3.63, 3.8) is 0 Å². The topological polar surface area (TPSA) is 35.0 Å². The molecule has 0 saturated heterocycles. The zero-order chi connectivity index (χ0) is 11.5. The first kappa shape index (κ1) is 11.5. The molecule has 0 aliphatic rings. The highest BCUT2D eigenvalue weighted by molar-refractivity contribution is 9.10. The lowest BCUT2D eigenvalue weighted by Gasteiger charge is -2.05. The Morgan fingerprint density at radius 2 is 1.94 bits per heavy atom. The van der Waals surface area contributed by atoms with Crippen LogP contribution in [0.2, 0.25) is 0 Å². The molecule has 6 heteroatoms.